The summed E-state index contributed by atoms with van der Waals surface area (Å²) in [5.74, 6) is -0.219. The molecule has 1 aliphatic rings. The number of ether oxygens (including phenoxy) is 3. The van der Waals surface area contributed by atoms with E-state index in [0.717, 1.165) is 0 Å². The van der Waals surface area contributed by atoms with Crippen molar-refractivity contribution in [3.63, 3.8) is 0 Å². The number of halogens is 2. The first-order chi connectivity index (χ1) is 16.7. The summed E-state index contributed by atoms with van der Waals surface area (Å²) in [6.07, 6.45) is -0.492. The Balaban J connectivity index is 1.71. The molecule has 0 unspecified atom stereocenters. The zero-order valence-corrected chi connectivity index (χ0v) is 20.8. The van der Waals surface area contributed by atoms with Crippen molar-refractivity contribution >= 4 is 40.6 Å². The van der Waals surface area contributed by atoms with E-state index in [9.17, 15) is 14.7 Å². The molecule has 0 aromatic heterocycles. The Labute approximate surface area is 212 Å². The van der Waals surface area contributed by atoms with Crippen molar-refractivity contribution < 1.29 is 28.9 Å². The van der Waals surface area contributed by atoms with Gasteiger partial charge in [-0.3, -0.25) is 9.59 Å². The predicted octanol–water partition coefficient (Wildman–Crippen LogP) is 5.03. The number of para-hydroxylation sites is 1. The van der Waals surface area contributed by atoms with Crippen molar-refractivity contribution in [2.75, 3.05) is 26.2 Å². The standard InChI is InChI=1S/C26H23Cl2NO6/c1-33-22-11-15(12-23(34-2)24(22)35-3)21(30)13-26(32)17-7-4-5-10-20(17)29(25(26)31)14-16-18(27)8-6-9-19(16)28/h4-12,32H,13-14H2,1-3H3/t26-/m1/s1. The number of aliphatic hydroxyl groups is 1. The number of fused-ring (bicyclic) bond motifs is 1. The van der Waals surface area contributed by atoms with Crippen LogP contribution in [0.3, 0.4) is 0 Å². The Kier molecular flexibility index (Phi) is 6.94. The molecule has 1 heterocycles. The molecule has 0 aliphatic carbocycles. The van der Waals surface area contributed by atoms with Gasteiger partial charge in [-0.2, -0.15) is 0 Å². The van der Waals surface area contributed by atoms with Crippen LogP contribution in [0.2, 0.25) is 10.0 Å². The minimum atomic E-state index is -2.08. The molecule has 35 heavy (non-hydrogen) atoms. The minimum Gasteiger partial charge on any atom is -0.493 e. The SMILES string of the molecule is COc1cc(C(=O)C[C@]2(O)C(=O)N(Cc3c(Cl)cccc3Cl)c3ccccc32)cc(OC)c1OC. The van der Waals surface area contributed by atoms with Crippen molar-refractivity contribution in [1.29, 1.82) is 0 Å². The maximum absolute atomic E-state index is 13.6. The maximum Gasteiger partial charge on any atom is 0.264 e. The molecule has 0 radical (unpaired) electrons. The highest BCUT2D eigenvalue weighted by Gasteiger charge is 2.51. The van der Waals surface area contributed by atoms with Crippen LogP contribution in [0.1, 0.15) is 27.9 Å². The molecule has 0 saturated heterocycles. The number of methoxy groups -OCH3 is 3. The topological polar surface area (TPSA) is 85.3 Å². The number of Topliss-reactive ketones (excluding diaryl/α,β-unsaturated/α-hetero) is 1. The molecule has 0 spiro atoms. The third-order valence-corrected chi connectivity index (χ3v) is 6.73. The van der Waals surface area contributed by atoms with Crippen LogP contribution in [0.25, 0.3) is 0 Å². The van der Waals surface area contributed by atoms with E-state index in [1.54, 1.807) is 42.5 Å². The van der Waals surface area contributed by atoms with Gasteiger partial charge in [0.2, 0.25) is 5.75 Å². The van der Waals surface area contributed by atoms with Gasteiger partial charge in [-0.1, -0.05) is 47.5 Å². The molecule has 1 N–H and O–H groups in total. The van der Waals surface area contributed by atoms with E-state index >= 15 is 0 Å². The van der Waals surface area contributed by atoms with E-state index in [-0.39, 0.29) is 23.6 Å². The normalized spacial score (nSPS) is 16.7. The van der Waals surface area contributed by atoms with E-state index in [0.29, 0.717) is 32.6 Å². The minimum absolute atomic E-state index is 0.0367. The fourth-order valence-electron chi connectivity index (χ4n) is 4.25. The predicted molar refractivity (Wildman–Crippen MR) is 133 cm³/mol. The number of ketones is 1. The molecule has 3 aromatic carbocycles. The molecule has 0 fully saturated rings. The van der Waals surface area contributed by atoms with Gasteiger partial charge in [0.25, 0.3) is 5.91 Å². The Morgan fingerprint density at radius 2 is 1.54 bits per heavy atom. The molecular formula is C26H23Cl2NO6. The van der Waals surface area contributed by atoms with Crippen LogP contribution in [0.4, 0.5) is 5.69 Å². The fourth-order valence-corrected chi connectivity index (χ4v) is 4.77. The van der Waals surface area contributed by atoms with E-state index < -0.39 is 23.7 Å². The number of nitrogens with zero attached hydrogens (tertiary/aromatic N) is 1. The quantitative estimate of drug-likeness (QED) is 0.423. The van der Waals surface area contributed by atoms with Gasteiger partial charge >= 0.3 is 0 Å². The van der Waals surface area contributed by atoms with E-state index in [1.165, 1.54) is 38.4 Å². The average molecular weight is 516 g/mol. The highest BCUT2D eigenvalue weighted by molar-refractivity contribution is 6.36. The van der Waals surface area contributed by atoms with Crippen LogP contribution in [0.5, 0.6) is 17.2 Å². The lowest BCUT2D eigenvalue weighted by Crippen LogP contribution is -2.41. The number of amides is 1. The lowest BCUT2D eigenvalue weighted by molar-refractivity contribution is -0.136. The van der Waals surface area contributed by atoms with Crippen LogP contribution < -0.4 is 19.1 Å². The Morgan fingerprint density at radius 1 is 0.943 bits per heavy atom. The number of hydrogen-bond acceptors (Lipinski definition) is 6. The summed E-state index contributed by atoms with van der Waals surface area (Å²) in [4.78, 5) is 28.3. The van der Waals surface area contributed by atoms with Gasteiger partial charge in [0, 0.05) is 26.7 Å². The summed E-state index contributed by atoms with van der Waals surface area (Å²) in [7, 11) is 4.33. The summed E-state index contributed by atoms with van der Waals surface area (Å²) >= 11 is 12.7. The first kappa shape index (κ1) is 24.9. The molecule has 1 atom stereocenters. The smallest absolute Gasteiger partial charge is 0.264 e. The summed E-state index contributed by atoms with van der Waals surface area (Å²) in [6.45, 7) is 0.0367. The molecule has 0 bridgehead atoms. The molecule has 1 amide bonds. The van der Waals surface area contributed by atoms with Crippen LogP contribution in [0.15, 0.2) is 54.6 Å². The third kappa shape index (κ3) is 4.31. The second kappa shape index (κ2) is 9.77. The third-order valence-electron chi connectivity index (χ3n) is 6.02. The molecule has 182 valence electrons. The summed E-state index contributed by atoms with van der Waals surface area (Å²) in [5, 5.41) is 12.4. The zero-order valence-electron chi connectivity index (χ0n) is 19.3. The maximum atomic E-state index is 13.6. The van der Waals surface area contributed by atoms with Gasteiger partial charge in [0.15, 0.2) is 22.9 Å². The molecular weight excluding hydrogens is 493 g/mol. The Morgan fingerprint density at radius 3 is 2.11 bits per heavy atom. The number of rotatable bonds is 8. The highest BCUT2D eigenvalue weighted by atomic mass is 35.5. The van der Waals surface area contributed by atoms with Crippen LogP contribution in [0, 0.1) is 0 Å². The summed E-state index contributed by atoms with van der Waals surface area (Å²) < 4.78 is 16.0. The lowest BCUT2D eigenvalue weighted by Gasteiger charge is -2.23. The molecule has 9 heteroatoms. The van der Waals surface area contributed by atoms with E-state index in [4.69, 9.17) is 37.4 Å². The summed E-state index contributed by atoms with van der Waals surface area (Å²) in [6, 6.07) is 14.8. The second-order valence-corrected chi connectivity index (χ2v) is 8.80. The average Bonchev–Trinajstić information content (AvgIpc) is 3.06. The van der Waals surface area contributed by atoms with Crippen LogP contribution in [-0.4, -0.2) is 38.1 Å². The number of carbonyl (C=O) groups is 2. The van der Waals surface area contributed by atoms with Crippen molar-refractivity contribution in [2.24, 2.45) is 0 Å². The first-order valence-corrected chi connectivity index (χ1v) is 11.4. The number of carbonyl (C=O) groups excluding carboxylic acids is 2. The first-order valence-electron chi connectivity index (χ1n) is 10.6. The van der Waals surface area contributed by atoms with Crippen molar-refractivity contribution in [2.45, 2.75) is 18.6 Å². The monoisotopic (exact) mass is 515 g/mol. The van der Waals surface area contributed by atoms with Gasteiger partial charge < -0.3 is 24.2 Å². The van der Waals surface area contributed by atoms with Gasteiger partial charge in [0.05, 0.1) is 40.0 Å². The van der Waals surface area contributed by atoms with Gasteiger partial charge in [-0.05, 0) is 30.3 Å². The number of hydrogen-bond donors (Lipinski definition) is 1. The zero-order chi connectivity index (χ0) is 25.3. The van der Waals surface area contributed by atoms with Crippen LogP contribution in [-0.2, 0) is 16.9 Å². The molecule has 1 aliphatic heterocycles. The Hall–Kier alpha value is -3.26. The van der Waals surface area contributed by atoms with Gasteiger partial charge in [0.1, 0.15) is 0 Å². The number of anilines is 1. The van der Waals surface area contributed by atoms with E-state index in [1.807, 2.05) is 0 Å². The molecule has 3 aromatic rings. The second-order valence-electron chi connectivity index (χ2n) is 7.98. The van der Waals surface area contributed by atoms with Crippen molar-refractivity contribution in [1.82, 2.24) is 0 Å². The molecule has 0 saturated carbocycles. The lowest BCUT2D eigenvalue weighted by atomic mass is 9.88. The van der Waals surface area contributed by atoms with E-state index in [2.05, 4.69) is 0 Å². The van der Waals surface area contributed by atoms with Gasteiger partial charge in [-0.15, -0.1) is 0 Å². The largest absolute Gasteiger partial charge is 0.493 e. The number of benzene rings is 3. The Bertz CT molecular complexity index is 1270. The van der Waals surface area contributed by atoms with Crippen molar-refractivity contribution in [3.8, 4) is 17.2 Å². The molecule has 7 nitrogen and oxygen atoms in total. The van der Waals surface area contributed by atoms with Gasteiger partial charge in [-0.25, -0.2) is 0 Å². The van der Waals surface area contributed by atoms with Crippen LogP contribution >= 0.6 is 23.2 Å². The summed E-state index contributed by atoms with van der Waals surface area (Å²) in [5.41, 5.74) is -0.533. The molecule has 4 rings (SSSR count). The highest BCUT2D eigenvalue weighted by Crippen LogP contribution is 2.45. The fraction of sp³-hybridized carbons (Fsp3) is 0.231. The van der Waals surface area contributed by atoms with Crippen molar-refractivity contribution in [3.05, 3.63) is 81.3 Å².